The van der Waals surface area contributed by atoms with Crippen molar-refractivity contribution in [1.82, 2.24) is 0 Å². The van der Waals surface area contributed by atoms with Crippen LogP contribution >= 0.6 is 0 Å². The van der Waals surface area contributed by atoms with E-state index < -0.39 is 8.07 Å². The monoisotopic (exact) mass is 220 g/mol. The van der Waals surface area contributed by atoms with E-state index in [0.29, 0.717) is 17.4 Å². The molecule has 0 aliphatic carbocycles. The van der Waals surface area contributed by atoms with Crippen LogP contribution in [0.1, 0.15) is 15.9 Å². The summed E-state index contributed by atoms with van der Waals surface area (Å²) in [5.41, 5.74) is 4.03. The fraction of sp³-hybridized carbons (Fsp3) is 0.250. The summed E-state index contributed by atoms with van der Waals surface area (Å²) < 4.78 is 12.9. The van der Waals surface area contributed by atoms with Gasteiger partial charge >= 0.3 is 0 Å². The first-order chi connectivity index (χ1) is 6.92. The summed E-state index contributed by atoms with van der Waals surface area (Å²) in [5.74, 6) is 2.52. The average Bonchev–Trinajstić information content (AvgIpc) is 2.14. The second-order valence-corrected chi connectivity index (χ2v) is 9.10. The molecule has 1 nitrogen and oxygen atoms in total. The molecule has 3 heteroatoms. The summed E-state index contributed by atoms with van der Waals surface area (Å²) in [7, 11) is -1.49. The Morgan fingerprint density at radius 3 is 2.53 bits per heavy atom. The van der Waals surface area contributed by atoms with E-state index in [1.54, 1.807) is 0 Å². The minimum absolute atomic E-state index is 0.361. The van der Waals surface area contributed by atoms with Crippen molar-refractivity contribution < 1.29 is 9.18 Å². The summed E-state index contributed by atoms with van der Waals surface area (Å²) in [5, 5.41) is 0. The molecule has 0 bridgehead atoms. The average molecular weight is 220 g/mol. The highest BCUT2D eigenvalue weighted by molar-refractivity contribution is 6.83. The molecule has 0 aliphatic heterocycles. The van der Waals surface area contributed by atoms with Gasteiger partial charge in [-0.2, -0.15) is 0 Å². The summed E-state index contributed by atoms with van der Waals surface area (Å²) >= 11 is 0. The minimum atomic E-state index is -1.49. The Hall–Kier alpha value is -1.40. The molecule has 78 valence electrons. The molecule has 0 fully saturated rings. The lowest BCUT2D eigenvalue weighted by Gasteiger charge is -2.04. The molecule has 0 saturated carbocycles. The number of rotatable bonds is 1. The molecule has 0 aliphatic rings. The van der Waals surface area contributed by atoms with E-state index in [-0.39, 0.29) is 5.82 Å². The van der Waals surface area contributed by atoms with E-state index in [2.05, 4.69) is 31.1 Å². The van der Waals surface area contributed by atoms with E-state index in [1.807, 2.05) is 0 Å². The van der Waals surface area contributed by atoms with Gasteiger partial charge in [-0.15, -0.1) is 5.54 Å². The van der Waals surface area contributed by atoms with Gasteiger partial charge in [0, 0.05) is 11.1 Å². The fourth-order valence-electron chi connectivity index (χ4n) is 0.994. The van der Waals surface area contributed by atoms with Crippen LogP contribution in [0.15, 0.2) is 18.2 Å². The van der Waals surface area contributed by atoms with Gasteiger partial charge in [0.05, 0.1) is 0 Å². The number of halogens is 1. The highest BCUT2D eigenvalue weighted by atomic mass is 28.3. The van der Waals surface area contributed by atoms with Gasteiger partial charge in [-0.3, -0.25) is 4.79 Å². The van der Waals surface area contributed by atoms with E-state index in [4.69, 9.17) is 0 Å². The van der Waals surface area contributed by atoms with Gasteiger partial charge in [-0.25, -0.2) is 4.39 Å². The van der Waals surface area contributed by atoms with Crippen LogP contribution in [0.3, 0.4) is 0 Å². The molecule has 1 aromatic rings. The second kappa shape index (κ2) is 4.41. The van der Waals surface area contributed by atoms with Crippen LogP contribution < -0.4 is 0 Å². The van der Waals surface area contributed by atoms with Gasteiger partial charge in [-0.05, 0) is 18.2 Å². The van der Waals surface area contributed by atoms with E-state index in [1.165, 1.54) is 18.2 Å². The minimum Gasteiger partial charge on any atom is -0.298 e. The van der Waals surface area contributed by atoms with E-state index >= 15 is 0 Å². The molecule has 0 heterocycles. The molecule has 0 radical (unpaired) electrons. The summed E-state index contributed by atoms with van der Waals surface area (Å²) in [4.78, 5) is 10.7. The van der Waals surface area contributed by atoms with Gasteiger partial charge in [0.25, 0.3) is 0 Å². The van der Waals surface area contributed by atoms with Crippen molar-refractivity contribution in [2.75, 3.05) is 0 Å². The number of carbonyl (C=O) groups excluding carboxylic acids is 1. The van der Waals surface area contributed by atoms with Crippen LogP contribution in [-0.4, -0.2) is 14.4 Å². The Labute approximate surface area is 90.3 Å². The summed E-state index contributed by atoms with van der Waals surface area (Å²) in [6, 6.07) is 4.02. The molecule has 0 unspecified atom stereocenters. The third kappa shape index (κ3) is 3.68. The Kier molecular flexibility index (Phi) is 3.43. The summed E-state index contributed by atoms with van der Waals surface area (Å²) in [6.45, 7) is 6.29. The van der Waals surface area contributed by atoms with E-state index in [0.717, 1.165) is 0 Å². The SMILES string of the molecule is C[Si](C)(C)C#Cc1cc(F)ccc1C=O. The third-order valence-electron chi connectivity index (χ3n) is 1.71. The fourth-order valence-corrected chi connectivity index (χ4v) is 1.50. The molecule has 0 amide bonds. The zero-order valence-corrected chi connectivity index (χ0v) is 10.1. The van der Waals surface area contributed by atoms with Gasteiger partial charge in [0.2, 0.25) is 0 Å². The molecule has 0 N–H and O–H groups in total. The van der Waals surface area contributed by atoms with Crippen molar-refractivity contribution in [3.8, 4) is 11.5 Å². The molecule has 1 rings (SSSR count). The number of benzene rings is 1. The quantitative estimate of drug-likeness (QED) is 0.404. The normalized spacial score (nSPS) is 10.4. The number of hydrogen-bond acceptors (Lipinski definition) is 1. The van der Waals surface area contributed by atoms with Gasteiger partial charge in [0.1, 0.15) is 13.9 Å². The van der Waals surface area contributed by atoms with Crippen molar-refractivity contribution in [3.05, 3.63) is 35.1 Å². The van der Waals surface area contributed by atoms with Crippen LogP contribution in [0.5, 0.6) is 0 Å². The molecule has 1 aromatic carbocycles. The topological polar surface area (TPSA) is 17.1 Å². The second-order valence-electron chi connectivity index (χ2n) is 4.35. The molecule has 15 heavy (non-hydrogen) atoms. The van der Waals surface area contributed by atoms with Crippen LogP contribution in [0, 0.1) is 17.3 Å². The van der Waals surface area contributed by atoms with Crippen molar-refractivity contribution >= 4 is 14.4 Å². The van der Waals surface area contributed by atoms with Crippen molar-refractivity contribution in [2.45, 2.75) is 19.6 Å². The standard InChI is InChI=1S/C12H13FOSi/c1-15(2,3)7-6-10-8-12(13)5-4-11(10)9-14/h4-5,8-9H,1-3H3. The first kappa shape index (κ1) is 11.7. The number of hydrogen-bond donors (Lipinski definition) is 0. The third-order valence-corrected chi connectivity index (χ3v) is 2.59. The lowest BCUT2D eigenvalue weighted by molar-refractivity contribution is 0.112. The molecule has 0 spiro atoms. The van der Waals surface area contributed by atoms with E-state index in [9.17, 15) is 9.18 Å². The molecule has 0 atom stereocenters. The molecular weight excluding hydrogens is 207 g/mol. The first-order valence-corrected chi connectivity index (χ1v) is 8.20. The number of aldehydes is 1. The molecule has 0 aromatic heterocycles. The van der Waals surface area contributed by atoms with Crippen molar-refractivity contribution in [2.24, 2.45) is 0 Å². The lowest BCUT2D eigenvalue weighted by atomic mass is 10.1. The Balaban J connectivity index is 3.17. The van der Waals surface area contributed by atoms with Crippen molar-refractivity contribution in [1.29, 1.82) is 0 Å². The Morgan fingerprint density at radius 2 is 2.00 bits per heavy atom. The zero-order chi connectivity index (χ0) is 11.5. The van der Waals surface area contributed by atoms with Crippen molar-refractivity contribution in [3.63, 3.8) is 0 Å². The Bertz CT molecular complexity index is 435. The van der Waals surface area contributed by atoms with Crippen LogP contribution in [-0.2, 0) is 0 Å². The number of carbonyl (C=O) groups is 1. The highest BCUT2D eigenvalue weighted by Gasteiger charge is 2.08. The van der Waals surface area contributed by atoms with Crippen LogP contribution in [0.4, 0.5) is 4.39 Å². The van der Waals surface area contributed by atoms with Crippen LogP contribution in [0.25, 0.3) is 0 Å². The predicted molar refractivity (Wildman–Crippen MR) is 62.0 cm³/mol. The molecule has 0 saturated heterocycles. The first-order valence-electron chi connectivity index (χ1n) is 4.70. The summed E-state index contributed by atoms with van der Waals surface area (Å²) in [6.07, 6.45) is 0.702. The van der Waals surface area contributed by atoms with Gasteiger partial charge in [0.15, 0.2) is 6.29 Å². The maximum atomic E-state index is 12.9. The lowest BCUT2D eigenvalue weighted by Crippen LogP contribution is -2.16. The maximum absolute atomic E-state index is 12.9. The maximum Gasteiger partial charge on any atom is 0.151 e. The smallest absolute Gasteiger partial charge is 0.151 e. The highest BCUT2D eigenvalue weighted by Crippen LogP contribution is 2.08. The predicted octanol–water partition coefficient (Wildman–Crippen LogP) is 2.87. The van der Waals surface area contributed by atoms with Gasteiger partial charge < -0.3 is 0 Å². The van der Waals surface area contributed by atoms with Gasteiger partial charge in [-0.1, -0.05) is 25.6 Å². The van der Waals surface area contributed by atoms with Crippen LogP contribution in [0.2, 0.25) is 19.6 Å². The molecular formula is C12H13FOSi. The zero-order valence-electron chi connectivity index (χ0n) is 9.10. The largest absolute Gasteiger partial charge is 0.298 e. The Morgan fingerprint density at radius 1 is 1.33 bits per heavy atom.